The van der Waals surface area contributed by atoms with Crippen LogP contribution in [-0.2, 0) is 22.8 Å². The molecule has 0 fully saturated rings. The lowest BCUT2D eigenvalue weighted by molar-refractivity contribution is 0.0734. The topological polar surface area (TPSA) is 132 Å². The van der Waals surface area contributed by atoms with Crippen LogP contribution < -0.4 is 4.74 Å². The molecule has 1 aromatic heterocycles. The van der Waals surface area contributed by atoms with Crippen molar-refractivity contribution < 1.29 is 22.7 Å². The van der Waals surface area contributed by atoms with Gasteiger partial charge in [-0.05, 0) is 66.9 Å². The van der Waals surface area contributed by atoms with E-state index in [9.17, 15) is 23.3 Å². The summed E-state index contributed by atoms with van der Waals surface area (Å²) in [5.41, 5.74) is 1.22. The quantitative estimate of drug-likeness (QED) is 0.179. The minimum atomic E-state index is -3.98. The average molecular weight is 551 g/mol. The van der Waals surface area contributed by atoms with E-state index in [4.69, 9.17) is 4.74 Å². The Morgan fingerprint density at radius 1 is 0.950 bits per heavy atom. The summed E-state index contributed by atoms with van der Waals surface area (Å²) in [5, 5.41) is 18.3. The van der Waals surface area contributed by atoms with Crippen LogP contribution in [0, 0.1) is 11.3 Å². The molecule has 9 nitrogen and oxygen atoms in total. The molecule has 2 aliphatic heterocycles. The van der Waals surface area contributed by atoms with Gasteiger partial charge in [-0.3, -0.25) is 4.79 Å². The summed E-state index contributed by atoms with van der Waals surface area (Å²) >= 11 is 0. The highest BCUT2D eigenvalue weighted by Crippen LogP contribution is 2.35. The molecular formula is C30H22N4O5S. The summed E-state index contributed by atoms with van der Waals surface area (Å²) in [6, 6.07) is 18.7. The van der Waals surface area contributed by atoms with Crippen LogP contribution in [0.5, 0.6) is 5.75 Å². The molecule has 10 heteroatoms. The number of ketones is 1. The smallest absolute Gasteiger partial charge is 0.343 e. The van der Waals surface area contributed by atoms with Crippen LogP contribution in [0.4, 0.5) is 0 Å². The Hall–Kier alpha value is -4.88. The molecule has 0 bridgehead atoms. The monoisotopic (exact) mass is 550 g/mol. The summed E-state index contributed by atoms with van der Waals surface area (Å²) in [6.07, 6.45) is 5.72. The second-order valence-electron chi connectivity index (χ2n) is 9.57. The Labute approximate surface area is 230 Å². The van der Waals surface area contributed by atoms with Gasteiger partial charge >= 0.3 is 5.97 Å². The van der Waals surface area contributed by atoms with E-state index in [1.807, 2.05) is 4.57 Å². The molecule has 3 heterocycles. The van der Waals surface area contributed by atoms with Crippen LogP contribution in [0.3, 0.4) is 0 Å². The number of benzene rings is 3. The van der Waals surface area contributed by atoms with Crippen molar-refractivity contribution in [3.05, 3.63) is 101 Å². The molecule has 40 heavy (non-hydrogen) atoms. The minimum absolute atomic E-state index is 0.00209. The van der Waals surface area contributed by atoms with E-state index >= 15 is 0 Å². The van der Waals surface area contributed by atoms with E-state index in [1.165, 1.54) is 30.3 Å². The fourth-order valence-electron chi connectivity index (χ4n) is 5.01. The number of ether oxygens (including phenoxy) is 1. The van der Waals surface area contributed by atoms with Gasteiger partial charge in [-0.2, -0.15) is 5.26 Å². The molecule has 0 radical (unpaired) electrons. The minimum Gasteiger partial charge on any atom is -0.423 e. The lowest BCUT2D eigenvalue weighted by Crippen LogP contribution is -2.21. The van der Waals surface area contributed by atoms with Gasteiger partial charge in [-0.15, -0.1) is 10.2 Å². The summed E-state index contributed by atoms with van der Waals surface area (Å²) in [6.45, 7) is 0.774. The molecule has 0 atom stereocenters. The summed E-state index contributed by atoms with van der Waals surface area (Å²) in [7, 11) is -3.98. The van der Waals surface area contributed by atoms with Gasteiger partial charge < -0.3 is 9.30 Å². The van der Waals surface area contributed by atoms with Gasteiger partial charge in [0.15, 0.2) is 11.6 Å². The van der Waals surface area contributed by atoms with Crippen molar-refractivity contribution in [2.45, 2.75) is 42.0 Å². The van der Waals surface area contributed by atoms with E-state index in [1.54, 1.807) is 42.5 Å². The summed E-state index contributed by atoms with van der Waals surface area (Å²) in [5.74, 6) is 0.483. The second-order valence-corrected chi connectivity index (χ2v) is 11.5. The zero-order valence-corrected chi connectivity index (χ0v) is 22.0. The van der Waals surface area contributed by atoms with Crippen LogP contribution in [0.25, 0.3) is 11.6 Å². The first kappa shape index (κ1) is 25.4. The van der Waals surface area contributed by atoms with Crippen LogP contribution in [0.2, 0.25) is 0 Å². The molecule has 4 aromatic rings. The highest BCUT2D eigenvalue weighted by atomic mass is 32.2. The lowest BCUT2D eigenvalue weighted by atomic mass is 10.0. The van der Waals surface area contributed by atoms with Gasteiger partial charge in [0.05, 0.1) is 20.9 Å². The molecule has 0 amide bonds. The molecule has 0 N–H and O–H groups in total. The van der Waals surface area contributed by atoms with E-state index in [0.717, 1.165) is 38.1 Å². The third-order valence-corrected chi connectivity index (χ3v) is 8.90. The molecule has 0 saturated carbocycles. The van der Waals surface area contributed by atoms with Crippen molar-refractivity contribution in [2.75, 3.05) is 0 Å². The summed E-state index contributed by atoms with van der Waals surface area (Å²) < 4.78 is 33.8. The Kier molecular flexibility index (Phi) is 6.36. The van der Waals surface area contributed by atoms with Gasteiger partial charge in [0.25, 0.3) is 0 Å². The number of nitriles is 1. The fraction of sp³-hybridized carbons (Fsp3) is 0.167. The van der Waals surface area contributed by atoms with Crippen LogP contribution >= 0.6 is 0 Å². The first-order valence-corrected chi connectivity index (χ1v) is 14.2. The zero-order chi connectivity index (χ0) is 27.9. The second kappa shape index (κ2) is 10.0. The van der Waals surface area contributed by atoms with E-state index < -0.39 is 21.6 Å². The number of aromatic nitrogens is 3. The maximum absolute atomic E-state index is 13.2. The van der Waals surface area contributed by atoms with Crippen LogP contribution in [0.15, 0.2) is 76.5 Å². The number of carbonyl (C=O) groups is 2. The van der Waals surface area contributed by atoms with Crippen molar-refractivity contribution in [3.63, 3.8) is 0 Å². The van der Waals surface area contributed by atoms with Crippen molar-refractivity contribution in [3.8, 4) is 11.8 Å². The molecule has 0 unspecified atom stereocenters. The number of carbonyl (C=O) groups excluding carboxylic acids is 2. The van der Waals surface area contributed by atoms with Crippen molar-refractivity contribution in [1.82, 2.24) is 14.8 Å². The van der Waals surface area contributed by atoms with Crippen molar-refractivity contribution >= 4 is 33.2 Å². The average Bonchev–Trinajstić information content (AvgIpc) is 3.22. The fourth-order valence-corrected chi connectivity index (χ4v) is 6.68. The number of esters is 1. The molecule has 6 rings (SSSR count). The van der Waals surface area contributed by atoms with E-state index in [2.05, 4.69) is 16.3 Å². The Balaban J connectivity index is 1.22. The lowest BCUT2D eigenvalue weighted by Gasteiger charge is -2.19. The molecule has 198 valence electrons. The number of hydrogen-bond donors (Lipinski definition) is 0. The molecule has 2 aliphatic rings. The third-order valence-electron chi connectivity index (χ3n) is 7.05. The van der Waals surface area contributed by atoms with Crippen molar-refractivity contribution in [1.29, 1.82) is 5.26 Å². The Bertz CT molecular complexity index is 1860. The maximum atomic E-state index is 13.2. The number of rotatable bonds is 4. The van der Waals surface area contributed by atoms with Crippen molar-refractivity contribution in [2.24, 2.45) is 0 Å². The number of aryl methyl sites for hydroxylation is 1. The summed E-state index contributed by atoms with van der Waals surface area (Å²) in [4.78, 5) is 25.4. The highest BCUT2D eigenvalue weighted by Gasteiger charge is 2.35. The molecule has 3 aromatic carbocycles. The van der Waals surface area contributed by atoms with Gasteiger partial charge in [0, 0.05) is 24.1 Å². The normalized spacial score (nSPS) is 15.7. The Morgan fingerprint density at radius 3 is 2.52 bits per heavy atom. The first-order valence-electron chi connectivity index (χ1n) is 12.8. The zero-order valence-electron chi connectivity index (χ0n) is 21.2. The third kappa shape index (κ3) is 4.40. The predicted octanol–water partition coefficient (Wildman–Crippen LogP) is 4.67. The molecule has 0 saturated heterocycles. The van der Waals surface area contributed by atoms with Gasteiger partial charge in [-0.25, -0.2) is 13.2 Å². The largest absolute Gasteiger partial charge is 0.423 e. The van der Waals surface area contributed by atoms with E-state index in [0.29, 0.717) is 17.0 Å². The number of fused-ring (bicyclic) bond motifs is 3. The number of sulfone groups is 1. The van der Waals surface area contributed by atoms with Gasteiger partial charge in [0.1, 0.15) is 17.6 Å². The molecule has 0 spiro atoms. The van der Waals surface area contributed by atoms with Crippen LogP contribution in [0.1, 0.15) is 62.8 Å². The Morgan fingerprint density at radius 2 is 1.73 bits per heavy atom. The standard InChI is InChI=1S/C30H22N4O5S/c31-18-21(29-33-32-27-8-2-1-5-15-34(27)29)16-19-9-12-22(13-10-19)39-30(36)20-11-14-24-26(17-20)40(37,38)25-7-4-3-6-23(25)28(24)35/h3-4,6-7,9-14,16-17H,1-2,5,8,15H2. The van der Waals surface area contributed by atoms with E-state index in [-0.39, 0.29) is 32.2 Å². The van der Waals surface area contributed by atoms with Gasteiger partial charge in [0.2, 0.25) is 9.84 Å². The SMILES string of the molecule is N#CC(=Cc1ccc(OC(=O)c2ccc3c(c2)S(=O)(=O)c2ccccc2C3=O)cc1)c1nnc2n1CCCCC2. The predicted molar refractivity (Wildman–Crippen MR) is 144 cm³/mol. The number of nitrogens with zero attached hydrogens (tertiary/aromatic N) is 4. The molecular weight excluding hydrogens is 528 g/mol. The first-order chi connectivity index (χ1) is 19.4. The van der Waals surface area contributed by atoms with Crippen LogP contribution in [-0.4, -0.2) is 34.9 Å². The number of hydrogen-bond acceptors (Lipinski definition) is 8. The number of allylic oxidation sites excluding steroid dienone is 1. The highest BCUT2D eigenvalue weighted by molar-refractivity contribution is 7.91. The van der Waals surface area contributed by atoms with Gasteiger partial charge in [-0.1, -0.05) is 30.7 Å². The molecule has 0 aliphatic carbocycles. The maximum Gasteiger partial charge on any atom is 0.343 e.